The largest absolute Gasteiger partial charge is 0.310 e. The summed E-state index contributed by atoms with van der Waals surface area (Å²) in [4.78, 5) is 15.7. The van der Waals surface area contributed by atoms with Crippen LogP contribution in [0.25, 0.3) is 10.8 Å². The lowest BCUT2D eigenvalue weighted by molar-refractivity contribution is -0.118. The zero-order valence-corrected chi connectivity index (χ0v) is 10.1. The Morgan fingerprint density at radius 1 is 1.35 bits per heavy atom. The van der Waals surface area contributed by atoms with Crippen LogP contribution in [-0.2, 0) is 11.2 Å². The fourth-order valence-electron chi connectivity index (χ4n) is 1.90. The van der Waals surface area contributed by atoms with Gasteiger partial charge in [-0.2, -0.15) is 0 Å². The Morgan fingerprint density at radius 3 is 2.71 bits per heavy atom. The van der Waals surface area contributed by atoms with Crippen LogP contribution in [0.4, 0.5) is 0 Å². The van der Waals surface area contributed by atoms with Crippen molar-refractivity contribution in [2.75, 3.05) is 7.05 Å². The van der Waals surface area contributed by atoms with Gasteiger partial charge >= 0.3 is 0 Å². The number of likely N-dealkylation sites (N-methyl/N-ethyl adjacent to an activating group) is 1. The third-order valence-electron chi connectivity index (χ3n) is 2.94. The SMILES string of the molecule is CN[C@@H](Cc1cc2ccccc2cn1)C(C)=O. The number of nitrogens with one attached hydrogen (secondary N) is 1. The number of Topliss-reactive ketones (excluding diaryl/α,β-unsaturated/α-hetero) is 1. The molecule has 0 saturated carbocycles. The summed E-state index contributed by atoms with van der Waals surface area (Å²) in [7, 11) is 1.80. The van der Waals surface area contributed by atoms with Crippen molar-refractivity contribution in [3.63, 3.8) is 0 Å². The molecule has 0 aliphatic carbocycles. The van der Waals surface area contributed by atoms with Gasteiger partial charge in [-0.1, -0.05) is 24.3 Å². The van der Waals surface area contributed by atoms with Gasteiger partial charge in [0.2, 0.25) is 0 Å². The van der Waals surface area contributed by atoms with E-state index >= 15 is 0 Å². The minimum atomic E-state index is -0.149. The van der Waals surface area contributed by atoms with Gasteiger partial charge in [-0.3, -0.25) is 9.78 Å². The number of benzene rings is 1. The molecule has 1 heterocycles. The summed E-state index contributed by atoms with van der Waals surface area (Å²) in [5.41, 5.74) is 0.943. The first-order valence-corrected chi connectivity index (χ1v) is 5.72. The number of aromatic nitrogens is 1. The van der Waals surface area contributed by atoms with Gasteiger partial charge in [0.25, 0.3) is 0 Å². The molecule has 0 bridgehead atoms. The molecule has 2 rings (SSSR count). The molecule has 0 radical (unpaired) electrons. The molecule has 0 spiro atoms. The highest BCUT2D eigenvalue weighted by atomic mass is 16.1. The Hall–Kier alpha value is -1.74. The first-order valence-electron chi connectivity index (χ1n) is 5.72. The third kappa shape index (κ3) is 2.68. The number of rotatable bonds is 4. The first-order chi connectivity index (χ1) is 8.20. The summed E-state index contributed by atoms with van der Waals surface area (Å²) in [5.74, 6) is 0.141. The molecule has 3 heteroatoms. The maximum atomic E-state index is 11.4. The van der Waals surface area contributed by atoms with Gasteiger partial charge in [-0.15, -0.1) is 0 Å². The highest BCUT2D eigenvalue weighted by Gasteiger charge is 2.12. The minimum Gasteiger partial charge on any atom is -0.310 e. The molecule has 88 valence electrons. The topological polar surface area (TPSA) is 42.0 Å². The molecular weight excluding hydrogens is 212 g/mol. The van der Waals surface area contributed by atoms with E-state index in [0.29, 0.717) is 6.42 Å². The van der Waals surface area contributed by atoms with E-state index < -0.39 is 0 Å². The number of nitrogens with zero attached hydrogens (tertiary/aromatic N) is 1. The van der Waals surface area contributed by atoms with Gasteiger partial charge in [0.15, 0.2) is 0 Å². The van der Waals surface area contributed by atoms with Gasteiger partial charge < -0.3 is 5.32 Å². The molecule has 2 aromatic rings. The number of fused-ring (bicyclic) bond motifs is 1. The highest BCUT2D eigenvalue weighted by Crippen LogP contribution is 2.14. The van der Waals surface area contributed by atoms with Crippen LogP contribution in [-0.4, -0.2) is 23.9 Å². The van der Waals surface area contributed by atoms with E-state index in [4.69, 9.17) is 0 Å². The van der Waals surface area contributed by atoms with Gasteiger partial charge in [0.1, 0.15) is 5.78 Å². The Balaban J connectivity index is 2.27. The minimum absolute atomic E-state index is 0.141. The summed E-state index contributed by atoms with van der Waals surface area (Å²) < 4.78 is 0. The average molecular weight is 228 g/mol. The van der Waals surface area contributed by atoms with Gasteiger partial charge in [0, 0.05) is 23.7 Å². The van der Waals surface area contributed by atoms with Crippen LogP contribution in [0.1, 0.15) is 12.6 Å². The maximum Gasteiger partial charge on any atom is 0.147 e. The molecule has 1 aromatic heterocycles. The number of carbonyl (C=O) groups excluding carboxylic acids is 1. The predicted molar refractivity (Wildman–Crippen MR) is 69.0 cm³/mol. The number of hydrogen-bond acceptors (Lipinski definition) is 3. The molecule has 1 atom stereocenters. The van der Waals surface area contributed by atoms with Crippen molar-refractivity contribution in [3.05, 3.63) is 42.2 Å². The predicted octanol–water partition coefficient (Wildman–Crippen LogP) is 1.95. The Bertz CT molecular complexity index is 536. The summed E-state index contributed by atoms with van der Waals surface area (Å²) in [6, 6.07) is 9.99. The number of pyridine rings is 1. The fourth-order valence-corrected chi connectivity index (χ4v) is 1.90. The third-order valence-corrected chi connectivity index (χ3v) is 2.94. The Kier molecular flexibility index (Phi) is 3.49. The van der Waals surface area contributed by atoms with Crippen molar-refractivity contribution in [2.45, 2.75) is 19.4 Å². The lowest BCUT2D eigenvalue weighted by atomic mass is 10.1. The van der Waals surface area contributed by atoms with E-state index in [2.05, 4.69) is 16.4 Å². The smallest absolute Gasteiger partial charge is 0.147 e. The molecule has 17 heavy (non-hydrogen) atoms. The van der Waals surface area contributed by atoms with E-state index in [0.717, 1.165) is 16.5 Å². The second-order valence-electron chi connectivity index (χ2n) is 4.18. The molecule has 1 N–H and O–H groups in total. The van der Waals surface area contributed by atoms with Crippen molar-refractivity contribution >= 4 is 16.6 Å². The van der Waals surface area contributed by atoms with Crippen molar-refractivity contribution in [1.29, 1.82) is 0 Å². The van der Waals surface area contributed by atoms with Crippen molar-refractivity contribution < 1.29 is 4.79 Å². The molecule has 0 fully saturated rings. The van der Waals surface area contributed by atoms with Crippen LogP contribution in [0.5, 0.6) is 0 Å². The van der Waals surface area contributed by atoms with E-state index in [1.54, 1.807) is 14.0 Å². The molecular formula is C14H16N2O. The van der Waals surface area contributed by atoms with Crippen LogP contribution in [0.3, 0.4) is 0 Å². The van der Waals surface area contributed by atoms with E-state index in [9.17, 15) is 4.79 Å². The van der Waals surface area contributed by atoms with Crippen LogP contribution >= 0.6 is 0 Å². The van der Waals surface area contributed by atoms with Crippen molar-refractivity contribution in [2.24, 2.45) is 0 Å². The summed E-state index contributed by atoms with van der Waals surface area (Å²) in [5, 5.41) is 5.30. The number of ketones is 1. The Labute approximate surface area is 101 Å². The molecule has 0 unspecified atom stereocenters. The zero-order chi connectivity index (χ0) is 12.3. The second-order valence-corrected chi connectivity index (χ2v) is 4.18. The van der Waals surface area contributed by atoms with E-state index in [1.807, 2.05) is 30.5 Å². The normalized spacial score (nSPS) is 12.6. The van der Waals surface area contributed by atoms with Crippen LogP contribution < -0.4 is 5.32 Å². The maximum absolute atomic E-state index is 11.4. The molecule has 0 aliphatic heterocycles. The molecule has 0 aliphatic rings. The quantitative estimate of drug-likeness (QED) is 0.869. The average Bonchev–Trinajstić information content (AvgIpc) is 2.35. The van der Waals surface area contributed by atoms with Crippen LogP contribution in [0.15, 0.2) is 36.5 Å². The van der Waals surface area contributed by atoms with Gasteiger partial charge in [0.05, 0.1) is 6.04 Å². The standard InChI is InChI=1S/C14H16N2O/c1-10(17)14(15-2)8-13-7-11-5-3-4-6-12(11)9-16-13/h3-7,9,14-15H,8H2,1-2H3/t14-/m0/s1. The summed E-state index contributed by atoms with van der Waals surface area (Å²) >= 11 is 0. The summed E-state index contributed by atoms with van der Waals surface area (Å²) in [6.07, 6.45) is 2.49. The van der Waals surface area contributed by atoms with Crippen LogP contribution in [0, 0.1) is 0 Å². The lowest BCUT2D eigenvalue weighted by Gasteiger charge is -2.12. The molecule has 1 aromatic carbocycles. The first kappa shape index (κ1) is 11.7. The molecule has 0 amide bonds. The number of hydrogen-bond donors (Lipinski definition) is 1. The van der Waals surface area contributed by atoms with E-state index in [1.165, 1.54) is 0 Å². The second kappa shape index (κ2) is 5.06. The van der Waals surface area contributed by atoms with E-state index in [-0.39, 0.29) is 11.8 Å². The number of carbonyl (C=O) groups is 1. The van der Waals surface area contributed by atoms with Gasteiger partial charge in [-0.05, 0) is 25.4 Å². The molecule has 3 nitrogen and oxygen atoms in total. The highest BCUT2D eigenvalue weighted by molar-refractivity contribution is 5.83. The lowest BCUT2D eigenvalue weighted by Crippen LogP contribution is -2.34. The zero-order valence-electron chi connectivity index (χ0n) is 10.1. The monoisotopic (exact) mass is 228 g/mol. The molecule has 0 saturated heterocycles. The van der Waals surface area contributed by atoms with Crippen LogP contribution in [0.2, 0.25) is 0 Å². The fraction of sp³-hybridized carbons (Fsp3) is 0.286. The summed E-state index contributed by atoms with van der Waals surface area (Å²) in [6.45, 7) is 1.60. The Morgan fingerprint density at radius 2 is 2.06 bits per heavy atom. The van der Waals surface area contributed by atoms with Crippen molar-refractivity contribution in [3.8, 4) is 0 Å². The van der Waals surface area contributed by atoms with Crippen molar-refractivity contribution in [1.82, 2.24) is 10.3 Å². The van der Waals surface area contributed by atoms with Gasteiger partial charge in [-0.25, -0.2) is 0 Å².